The van der Waals surface area contributed by atoms with E-state index in [9.17, 15) is 4.79 Å². The summed E-state index contributed by atoms with van der Waals surface area (Å²) in [7, 11) is 0. The SMILES string of the molecule is O=C(Nc1ccc(Cl)cc1)C1=C[N+]2CN(Cl)C=CC2=N1. The third-order valence-corrected chi connectivity index (χ3v) is 3.29. The van der Waals surface area contributed by atoms with Crippen LogP contribution in [0.3, 0.4) is 0 Å². The van der Waals surface area contributed by atoms with Crippen LogP contribution in [0.15, 0.2) is 53.4 Å². The summed E-state index contributed by atoms with van der Waals surface area (Å²) < 4.78 is 1.48. The number of carbonyl (C=O) groups excluding carboxylic acids is 1. The second-order valence-corrected chi connectivity index (χ2v) is 5.14. The van der Waals surface area contributed by atoms with Gasteiger partial charge in [-0.25, -0.2) is 4.42 Å². The van der Waals surface area contributed by atoms with Crippen LogP contribution in [-0.4, -0.2) is 22.8 Å². The minimum absolute atomic E-state index is 0.274. The smallest absolute Gasteiger partial charge is 0.285 e. The second-order valence-electron chi connectivity index (χ2n) is 4.27. The van der Waals surface area contributed by atoms with Crippen molar-refractivity contribution >= 4 is 40.8 Å². The van der Waals surface area contributed by atoms with E-state index in [0.29, 0.717) is 28.9 Å². The van der Waals surface area contributed by atoms with E-state index in [1.165, 1.54) is 4.42 Å². The van der Waals surface area contributed by atoms with E-state index in [2.05, 4.69) is 10.3 Å². The highest BCUT2D eigenvalue weighted by Crippen LogP contribution is 2.18. The highest BCUT2D eigenvalue weighted by molar-refractivity contribution is 6.30. The number of hydrogen-bond acceptors (Lipinski definition) is 4. The largest absolute Gasteiger partial charge is 0.320 e. The number of nitrogens with one attached hydrogen (secondary N) is 1. The van der Waals surface area contributed by atoms with Crippen molar-refractivity contribution in [3.05, 3.63) is 53.5 Å². The molecule has 5 nitrogen and oxygen atoms in total. The standard InChI is InChI=1S/C13H10Cl2N4O/c14-9-1-3-10(4-2-9)16-13(20)11-7-18-8-19(15)6-5-12(18)17-11/h1-7H,8H2,(H,16,20)/q+1. The van der Waals surface area contributed by atoms with Crippen LogP contribution in [0.1, 0.15) is 0 Å². The van der Waals surface area contributed by atoms with Crippen molar-refractivity contribution < 1.29 is 4.79 Å². The number of carbonyl (C=O) groups is 1. The van der Waals surface area contributed by atoms with Crippen molar-refractivity contribution in [2.45, 2.75) is 0 Å². The van der Waals surface area contributed by atoms with Gasteiger partial charge in [-0.15, -0.1) is 0 Å². The van der Waals surface area contributed by atoms with Crippen LogP contribution >= 0.6 is 23.4 Å². The van der Waals surface area contributed by atoms with Crippen LogP contribution in [0.2, 0.25) is 5.02 Å². The maximum absolute atomic E-state index is 12.1. The molecule has 0 atom stereocenters. The first kappa shape index (κ1) is 13.2. The molecule has 1 aromatic carbocycles. The van der Waals surface area contributed by atoms with Gasteiger partial charge in [0, 0.05) is 34.8 Å². The number of fused-ring (bicyclic) bond motifs is 1. The fraction of sp³-hybridized carbons (Fsp3) is 0.0769. The highest BCUT2D eigenvalue weighted by atomic mass is 35.5. The Morgan fingerprint density at radius 1 is 1.35 bits per heavy atom. The van der Waals surface area contributed by atoms with Crippen molar-refractivity contribution in [3.8, 4) is 0 Å². The van der Waals surface area contributed by atoms with Gasteiger partial charge in [-0.2, -0.15) is 4.99 Å². The molecule has 3 rings (SSSR count). The lowest BCUT2D eigenvalue weighted by Crippen LogP contribution is -2.37. The van der Waals surface area contributed by atoms with Gasteiger partial charge in [-0.1, -0.05) is 16.5 Å². The molecule has 0 fully saturated rings. The predicted octanol–water partition coefficient (Wildman–Crippen LogP) is 2.61. The number of hydrogen-bond donors (Lipinski definition) is 1. The van der Waals surface area contributed by atoms with Crippen LogP contribution < -0.4 is 10.2 Å². The average molecular weight is 309 g/mol. The van der Waals surface area contributed by atoms with Crippen molar-refractivity contribution in [2.24, 2.45) is 4.99 Å². The Kier molecular flexibility index (Phi) is 3.48. The summed E-state index contributed by atoms with van der Waals surface area (Å²) in [5, 5.41) is 3.38. The normalized spacial score (nSPS) is 17.6. The monoisotopic (exact) mass is 308 g/mol. The molecule has 20 heavy (non-hydrogen) atoms. The lowest BCUT2D eigenvalue weighted by molar-refractivity contribution is -0.112. The van der Waals surface area contributed by atoms with Gasteiger partial charge in [-0.3, -0.25) is 4.79 Å². The van der Waals surface area contributed by atoms with Gasteiger partial charge in [0.05, 0.1) is 0 Å². The van der Waals surface area contributed by atoms with Crippen LogP contribution in [0.4, 0.5) is 5.69 Å². The van der Waals surface area contributed by atoms with Crippen molar-refractivity contribution in [1.29, 1.82) is 0 Å². The van der Waals surface area contributed by atoms with Crippen LogP contribution in [0, 0.1) is 0 Å². The third kappa shape index (κ3) is 2.70. The van der Waals surface area contributed by atoms with E-state index in [0.717, 1.165) is 0 Å². The number of aliphatic imine (C=N–C) groups is 1. The van der Waals surface area contributed by atoms with Gasteiger partial charge in [-0.05, 0) is 24.3 Å². The van der Waals surface area contributed by atoms with Crippen LogP contribution in [0.25, 0.3) is 0 Å². The number of nitrogens with zero attached hydrogens (tertiary/aromatic N) is 3. The summed E-state index contributed by atoms with van der Waals surface area (Å²) in [5.74, 6) is 0.423. The molecule has 0 saturated carbocycles. The minimum Gasteiger partial charge on any atom is -0.320 e. The molecule has 0 spiro atoms. The number of rotatable bonds is 2. The van der Waals surface area contributed by atoms with E-state index in [1.807, 2.05) is 0 Å². The fourth-order valence-corrected chi connectivity index (χ4v) is 2.15. The zero-order valence-corrected chi connectivity index (χ0v) is 11.8. The maximum Gasteiger partial charge on any atom is 0.285 e. The highest BCUT2D eigenvalue weighted by Gasteiger charge is 2.34. The molecule has 101 valence electrons. The quantitative estimate of drug-likeness (QED) is 0.674. The summed E-state index contributed by atoms with van der Waals surface area (Å²) in [4.78, 5) is 18.2. The predicted molar refractivity (Wildman–Crippen MR) is 79.4 cm³/mol. The molecule has 0 saturated heterocycles. The fourth-order valence-electron chi connectivity index (χ4n) is 1.85. The zero-order valence-electron chi connectivity index (χ0n) is 10.3. The molecule has 0 aromatic heterocycles. The Morgan fingerprint density at radius 3 is 2.85 bits per heavy atom. The van der Waals surface area contributed by atoms with Crippen molar-refractivity contribution in [3.63, 3.8) is 0 Å². The first-order valence-corrected chi connectivity index (χ1v) is 6.58. The molecule has 7 heteroatoms. The molecule has 2 heterocycles. The second kappa shape index (κ2) is 5.28. The first-order valence-electron chi connectivity index (χ1n) is 5.86. The van der Waals surface area contributed by atoms with Crippen molar-refractivity contribution in [2.75, 3.05) is 12.0 Å². The Bertz CT molecular complexity index is 636. The van der Waals surface area contributed by atoms with E-state index in [-0.39, 0.29) is 5.91 Å². The summed E-state index contributed by atoms with van der Waals surface area (Å²) >= 11 is 11.7. The number of amides is 1. The Balaban J connectivity index is 1.73. The molecule has 0 unspecified atom stereocenters. The Labute approximate surface area is 125 Å². The molecule has 0 aliphatic carbocycles. The molecular formula is C13H10Cl2N4O+. The average Bonchev–Trinajstić information content (AvgIpc) is 2.84. The molecule has 1 aromatic rings. The molecule has 1 radical (unpaired) electrons. The summed E-state index contributed by atoms with van der Waals surface area (Å²) in [6.45, 7) is 0.453. The van der Waals surface area contributed by atoms with Gasteiger partial charge in [0.25, 0.3) is 11.7 Å². The van der Waals surface area contributed by atoms with E-state index < -0.39 is 0 Å². The molecule has 1 N–H and O–H groups in total. The molecular weight excluding hydrogens is 299 g/mol. The van der Waals surface area contributed by atoms with E-state index in [4.69, 9.17) is 23.4 Å². The number of halogens is 2. The van der Waals surface area contributed by atoms with Crippen LogP contribution in [-0.2, 0) is 4.79 Å². The lowest BCUT2D eigenvalue weighted by Gasteiger charge is -2.13. The summed E-state index contributed by atoms with van der Waals surface area (Å²) in [6.07, 6.45) is 5.11. The summed E-state index contributed by atoms with van der Waals surface area (Å²) in [5.41, 5.74) is 1.01. The number of benzene rings is 1. The third-order valence-electron chi connectivity index (χ3n) is 2.81. The van der Waals surface area contributed by atoms with Gasteiger partial charge in [0.1, 0.15) is 0 Å². The molecule has 2 aliphatic heterocycles. The topological polar surface area (TPSA) is 50.6 Å². The minimum atomic E-state index is -0.274. The van der Waals surface area contributed by atoms with Crippen LogP contribution in [0.5, 0.6) is 0 Å². The number of amidine groups is 1. The Hall–Kier alpha value is -1.82. The molecule has 0 bridgehead atoms. The lowest BCUT2D eigenvalue weighted by atomic mass is 10.3. The van der Waals surface area contributed by atoms with Crippen molar-refractivity contribution in [1.82, 2.24) is 9.32 Å². The molecule has 2 aliphatic rings. The number of anilines is 1. The molecule has 1 amide bonds. The van der Waals surface area contributed by atoms with E-state index >= 15 is 0 Å². The zero-order chi connectivity index (χ0) is 14.1. The van der Waals surface area contributed by atoms with Gasteiger partial charge in [0.2, 0.25) is 6.67 Å². The maximum atomic E-state index is 12.1. The summed E-state index contributed by atoms with van der Waals surface area (Å²) in [6, 6.07) is 6.89. The first-order chi connectivity index (χ1) is 9.61. The van der Waals surface area contributed by atoms with Gasteiger partial charge < -0.3 is 5.32 Å². The Morgan fingerprint density at radius 2 is 2.10 bits per heavy atom. The van der Waals surface area contributed by atoms with Gasteiger partial charge in [0.15, 0.2) is 11.9 Å². The van der Waals surface area contributed by atoms with E-state index in [1.54, 1.807) is 47.6 Å². The van der Waals surface area contributed by atoms with Gasteiger partial charge >= 0.3 is 0 Å².